The number of nitrogens with zero attached hydrogens (tertiary/aromatic N) is 5. The van der Waals surface area contributed by atoms with Crippen LogP contribution >= 0.6 is 11.6 Å². The Hall–Kier alpha value is -4.76. The maximum absolute atomic E-state index is 13.0. The second-order valence-electron chi connectivity index (χ2n) is 9.33. The van der Waals surface area contributed by atoms with E-state index in [0.29, 0.717) is 58.3 Å². The summed E-state index contributed by atoms with van der Waals surface area (Å²) in [6, 6.07) is 9.36. The van der Waals surface area contributed by atoms with Crippen molar-refractivity contribution >= 4 is 51.1 Å². The molecule has 2 amide bonds. The number of H-pyrrole nitrogens is 1. The zero-order valence-corrected chi connectivity index (χ0v) is 23.8. The normalized spacial score (nSPS) is 16.4. The van der Waals surface area contributed by atoms with Crippen LogP contribution in [0.1, 0.15) is 36.7 Å². The molecular weight excluding hydrogens is 586 g/mol. The van der Waals surface area contributed by atoms with Crippen molar-refractivity contribution in [2.75, 3.05) is 22.9 Å². The van der Waals surface area contributed by atoms with Crippen LogP contribution in [0.3, 0.4) is 0 Å². The Morgan fingerprint density at radius 1 is 1.19 bits per heavy atom. The number of anilines is 2. The number of aromatic nitrogens is 6. The predicted molar refractivity (Wildman–Crippen MR) is 155 cm³/mol. The number of imidazole rings is 1. The van der Waals surface area contributed by atoms with Crippen molar-refractivity contribution in [3.63, 3.8) is 0 Å². The number of carbonyl (C=O) groups is 2. The number of aromatic amines is 1. The van der Waals surface area contributed by atoms with Gasteiger partial charge in [-0.15, -0.1) is 5.10 Å². The van der Waals surface area contributed by atoms with Crippen molar-refractivity contribution in [3.05, 3.63) is 71.4 Å². The minimum absolute atomic E-state index is 0.130. The molecule has 3 heterocycles. The Bertz CT molecular complexity index is 1740. The summed E-state index contributed by atoms with van der Waals surface area (Å²) in [7, 11) is -2.48. The minimum Gasteiger partial charge on any atom is -0.453 e. The predicted octanol–water partition coefficient (Wildman–Crippen LogP) is 3.68. The maximum atomic E-state index is 13.0. The molecule has 1 atom stereocenters. The van der Waals surface area contributed by atoms with Gasteiger partial charge in [0.25, 0.3) is 0 Å². The second kappa shape index (κ2) is 12.4. The number of amides is 2. The molecule has 1 aliphatic rings. The molecule has 0 saturated heterocycles. The SMILES string of the molecule is COC(=O)Nc1ccc2c(c1)NS(=O)(=O)CCCCC(NC(=O)C=Cc1cc(Cl)ccc1-n1cnnn1)c1ncc-2[nH]1. The molecule has 1 aliphatic heterocycles. The highest BCUT2D eigenvalue weighted by Gasteiger charge is 2.22. The van der Waals surface area contributed by atoms with Gasteiger partial charge in [0.1, 0.15) is 12.2 Å². The Labute approximate surface area is 245 Å². The van der Waals surface area contributed by atoms with Crippen LogP contribution in [0.15, 0.2) is 55.0 Å². The van der Waals surface area contributed by atoms with Gasteiger partial charge in [-0.25, -0.2) is 18.2 Å². The van der Waals surface area contributed by atoms with Crippen LogP contribution in [0.5, 0.6) is 0 Å². The Morgan fingerprint density at radius 3 is 2.83 bits per heavy atom. The van der Waals surface area contributed by atoms with Gasteiger partial charge in [-0.05, 0) is 72.2 Å². The van der Waals surface area contributed by atoms with Gasteiger partial charge in [0.2, 0.25) is 15.9 Å². The summed E-state index contributed by atoms with van der Waals surface area (Å²) in [6.07, 6.45) is 6.58. The lowest BCUT2D eigenvalue weighted by molar-refractivity contribution is -0.117. The third-order valence-electron chi connectivity index (χ3n) is 6.40. The molecule has 14 nitrogen and oxygen atoms in total. The first kappa shape index (κ1) is 28.8. The average molecular weight is 612 g/mol. The van der Waals surface area contributed by atoms with E-state index in [0.717, 1.165) is 0 Å². The van der Waals surface area contributed by atoms with Crippen molar-refractivity contribution < 1.29 is 22.7 Å². The fourth-order valence-electron chi connectivity index (χ4n) is 4.42. The van der Waals surface area contributed by atoms with Gasteiger partial charge in [-0.3, -0.25) is 14.8 Å². The van der Waals surface area contributed by atoms with Crippen molar-refractivity contribution in [1.29, 1.82) is 0 Å². The molecule has 0 spiro atoms. The summed E-state index contributed by atoms with van der Waals surface area (Å²) < 4.78 is 34.4. The van der Waals surface area contributed by atoms with E-state index in [1.807, 2.05) is 0 Å². The highest BCUT2D eigenvalue weighted by molar-refractivity contribution is 7.92. The molecule has 0 radical (unpaired) electrons. The van der Waals surface area contributed by atoms with Crippen LogP contribution < -0.4 is 15.4 Å². The van der Waals surface area contributed by atoms with E-state index < -0.39 is 22.2 Å². The van der Waals surface area contributed by atoms with E-state index in [-0.39, 0.29) is 17.3 Å². The number of rotatable bonds is 5. The first-order chi connectivity index (χ1) is 20.2. The summed E-state index contributed by atoms with van der Waals surface area (Å²) in [5.74, 6) is -0.00843. The third kappa shape index (κ3) is 6.92. The Kier molecular flexibility index (Phi) is 8.49. The molecule has 2 bridgehead atoms. The lowest BCUT2D eigenvalue weighted by atomic mass is 10.1. The number of hydrogen-bond acceptors (Lipinski definition) is 9. The molecule has 218 valence electrons. The van der Waals surface area contributed by atoms with Gasteiger partial charge in [0.05, 0.1) is 42.2 Å². The number of tetrazole rings is 1. The quantitative estimate of drug-likeness (QED) is 0.244. The summed E-state index contributed by atoms with van der Waals surface area (Å²) in [5.41, 5.74) is 2.88. The molecule has 16 heteroatoms. The van der Waals surface area contributed by atoms with Gasteiger partial charge >= 0.3 is 6.09 Å². The van der Waals surface area contributed by atoms with E-state index in [1.54, 1.807) is 42.6 Å². The standard InChI is InChI=1S/C26H26ClN9O5S/c1-41-26(38)30-18-7-8-19-21(13-18)33-42(39,40)11-3-2-4-20(25-28-14-22(19)32-25)31-24(37)10-5-16-12-17(27)6-9-23(16)36-15-29-34-35-36/h5-10,12-15,20,33H,2-4,11H2,1H3,(H,28,32)(H,30,38)(H,31,37). The fourth-order valence-corrected chi connectivity index (χ4v) is 5.79. The molecule has 2 aromatic heterocycles. The highest BCUT2D eigenvalue weighted by atomic mass is 35.5. The van der Waals surface area contributed by atoms with E-state index in [4.69, 9.17) is 11.6 Å². The summed E-state index contributed by atoms with van der Waals surface area (Å²) in [4.78, 5) is 32.4. The number of carbonyl (C=O) groups excluding carboxylic acids is 2. The molecule has 42 heavy (non-hydrogen) atoms. The number of halogens is 1. The molecule has 5 rings (SSSR count). The number of benzene rings is 2. The summed E-state index contributed by atoms with van der Waals surface area (Å²) in [6.45, 7) is 0. The average Bonchev–Trinajstić information content (AvgIpc) is 3.66. The van der Waals surface area contributed by atoms with Crippen LogP contribution in [0.4, 0.5) is 16.2 Å². The summed E-state index contributed by atoms with van der Waals surface area (Å²) in [5, 5.41) is 17.2. The monoisotopic (exact) mass is 611 g/mol. The number of sulfonamides is 1. The molecule has 4 aromatic rings. The number of ether oxygens (including phenoxy) is 1. The first-order valence-electron chi connectivity index (χ1n) is 12.8. The lowest BCUT2D eigenvalue weighted by Crippen LogP contribution is -2.28. The first-order valence-corrected chi connectivity index (χ1v) is 14.8. The highest BCUT2D eigenvalue weighted by Crippen LogP contribution is 2.32. The largest absolute Gasteiger partial charge is 0.453 e. The van der Waals surface area contributed by atoms with E-state index >= 15 is 0 Å². The van der Waals surface area contributed by atoms with Gasteiger partial charge in [-0.2, -0.15) is 4.68 Å². The number of methoxy groups -OCH3 is 1. The Morgan fingerprint density at radius 2 is 2.05 bits per heavy atom. The number of fused-ring (bicyclic) bond motifs is 4. The molecule has 4 N–H and O–H groups in total. The third-order valence-corrected chi connectivity index (χ3v) is 8.00. The molecule has 0 fully saturated rings. The zero-order valence-electron chi connectivity index (χ0n) is 22.2. The van der Waals surface area contributed by atoms with E-state index in [2.05, 4.69) is 45.6 Å². The Balaban J connectivity index is 1.41. The van der Waals surface area contributed by atoms with Crippen LogP contribution in [0.2, 0.25) is 5.02 Å². The van der Waals surface area contributed by atoms with Crippen LogP contribution in [0.25, 0.3) is 23.0 Å². The van der Waals surface area contributed by atoms with Crippen molar-refractivity contribution in [2.24, 2.45) is 0 Å². The van der Waals surface area contributed by atoms with Crippen molar-refractivity contribution in [2.45, 2.75) is 25.3 Å². The van der Waals surface area contributed by atoms with Gasteiger partial charge < -0.3 is 15.0 Å². The summed E-state index contributed by atoms with van der Waals surface area (Å²) >= 11 is 6.18. The molecular formula is C26H26ClN9O5S. The molecule has 2 aromatic carbocycles. The van der Waals surface area contributed by atoms with Crippen LogP contribution in [-0.2, 0) is 19.6 Å². The molecule has 1 unspecified atom stereocenters. The zero-order chi connectivity index (χ0) is 29.7. The molecule has 0 aliphatic carbocycles. The van der Waals surface area contributed by atoms with Gasteiger partial charge in [0.15, 0.2) is 0 Å². The maximum Gasteiger partial charge on any atom is 0.411 e. The topological polar surface area (TPSA) is 186 Å². The van der Waals surface area contributed by atoms with Crippen molar-refractivity contribution in [1.82, 2.24) is 35.5 Å². The van der Waals surface area contributed by atoms with Gasteiger partial charge in [-0.1, -0.05) is 11.6 Å². The van der Waals surface area contributed by atoms with Crippen LogP contribution in [0, 0.1) is 0 Å². The number of hydrogen-bond donors (Lipinski definition) is 4. The van der Waals surface area contributed by atoms with E-state index in [9.17, 15) is 18.0 Å². The lowest BCUT2D eigenvalue weighted by Gasteiger charge is -2.18. The van der Waals surface area contributed by atoms with Gasteiger partial charge in [0, 0.05) is 27.9 Å². The second-order valence-corrected chi connectivity index (χ2v) is 11.6. The minimum atomic E-state index is -3.71. The van der Waals surface area contributed by atoms with Crippen LogP contribution in [-0.4, -0.2) is 63.5 Å². The molecule has 0 saturated carbocycles. The number of nitrogens with one attached hydrogen (secondary N) is 4. The van der Waals surface area contributed by atoms with Crippen molar-refractivity contribution in [3.8, 4) is 16.9 Å². The van der Waals surface area contributed by atoms with E-state index in [1.165, 1.54) is 30.3 Å². The smallest absolute Gasteiger partial charge is 0.411 e. The fraction of sp³-hybridized carbons (Fsp3) is 0.231.